The second-order valence-corrected chi connectivity index (χ2v) is 9.58. The maximum Gasteiger partial charge on any atom is 0.243 e. The quantitative estimate of drug-likeness (QED) is 0.821. The Bertz CT molecular complexity index is 745. The number of nitrogens with one attached hydrogen (secondary N) is 1. The maximum absolute atomic E-state index is 13.3. The summed E-state index contributed by atoms with van der Waals surface area (Å²) >= 11 is 0. The summed E-state index contributed by atoms with van der Waals surface area (Å²) in [5.74, 6) is -0.0578. The molecule has 0 spiro atoms. The van der Waals surface area contributed by atoms with E-state index in [-0.39, 0.29) is 30.3 Å². The van der Waals surface area contributed by atoms with Crippen molar-refractivity contribution in [3.8, 4) is 0 Å². The average Bonchev–Trinajstić information content (AvgIpc) is 2.94. The minimum absolute atomic E-state index is 0. The topological polar surface area (TPSA) is 69.7 Å². The largest absolute Gasteiger partial charge is 0.335 e. The van der Waals surface area contributed by atoms with Crippen LogP contribution in [-0.4, -0.2) is 61.8 Å². The van der Waals surface area contributed by atoms with Gasteiger partial charge in [-0.25, -0.2) is 8.42 Å². The SMILES string of the molecule is Cl.O=C(C1CCCN(S(=O)(=O)c2ccccc2)C1)N1C2CCNCC1CC2. The fourth-order valence-corrected chi connectivity index (χ4v) is 6.20. The van der Waals surface area contributed by atoms with Crippen molar-refractivity contribution in [2.45, 2.75) is 49.1 Å². The number of amides is 1. The molecule has 3 unspecified atom stereocenters. The summed E-state index contributed by atoms with van der Waals surface area (Å²) in [5, 5.41) is 3.42. The zero-order valence-corrected chi connectivity index (χ0v) is 17.1. The third-order valence-corrected chi connectivity index (χ3v) is 7.90. The van der Waals surface area contributed by atoms with Crippen LogP contribution in [0.5, 0.6) is 0 Å². The van der Waals surface area contributed by atoms with E-state index in [1.54, 1.807) is 24.3 Å². The van der Waals surface area contributed by atoms with E-state index in [9.17, 15) is 13.2 Å². The molecule has 1 aromatic rings. The third kappa shape index (κ3) is 4.01. The molecule has 1 N–H and O–H groups in total. The van der Waals surface area contributed by atoms with Crippen molar-refractivity contribution in [3.63, 3.8) is 0 Å². The molecule has 4 rings (SSSR count). The van der Waals surface area contributed by atoms with Gasteiger partial charge in [-0.2, -0.15) is 4.31 Å². The van der Waals surface area contributed by atoms with Gasteiger partial charge in [0.05, 0.1) is 10.8 Å². The van der Waals surface area contributed by atoms with Crippen LogP contribution < -0.4 is 5.32 Å². The lowest BCUT2D eigenvalue weighted by atomic mass is 9.97. The van der Waals surface area contributed by atoms with E-state index in [1.807, 2.05) is 6.07 Å². The lowest BCUT2D eigenvalue weighted by Crippen LogP contribution is -2.50. The Labute approximate surface area is 167 Å². The fraction of sp³-hybridized carbons (Fsp3) is 0.632. The predicted octanol–water partition coefficient (Wildman–Crippen LogP) is 1.86. The predicted molar refractivity (Wildman–Crippen MR) is 106 cm³/mol. The van der Waals surface area contributed by atoms with Gasteiger partial charge in [-0.3, -0.25) is 4.79 Å². The first-order valence-electron chi connectivity index (χ1n) is 9.65. The normalized spacial score (nSPS) is 29.0. The Kier molecular flexibility index (Phi) is 6.46. The summed E-state index contributed by atoms with van der Waals surface area (Å²) in [4.78, 5) is 15.7. The Morgan fingerprint density at radius 1 is 1.04 bits per heavy atom. The molecule has 3 heterocycles. The van der Waals surface area contributed by atoms with Gasteiger partial charge in [0.25, 0.3) is 0 Å². The van der Waals surface area contributed by atoms with Crippen LogP contribution in [0.2, 0.25) is 0 Å². The van der Waals surface area contributed by atoms with Gasteiger partial charge >= 0.3 is 0 Å². The van der Waals surface area contributed by atoms with E-state index in [2.05, 4.69) is 10.2 Å². The van der Waals surface area contributed by atoms with Crippen molar-refractivity contribution < 1.29 is 13.2 Å². The molecule has 0 aliphatic carbocycles. The van der Waals surface area contributed by atoms with Gasteiger partial charge in [0.2, 0.25) is 15.9 Å². The zero-order chi connectivity index (χ0) is 18.1. The van der Waals surface area contributed by atoms with Gasteiger partial charge in [-0.15, -0.1) is 12.4 Å². The van der Waals surface area contributed by atoms with Crippen LogP contribution >= 0.6 is 12.4 Å². The molecule has 6 nitrogen and oxygen atoms in total. The number of hydrogen-bond donors (Lipinski definition) is 1. The van der Waals surface area contributed by atoms with Crippen molar-refractivity contribution in [2.75, 3.05) is 26.2 Å². The van der Waals surface area contributed by atoms with Crippen LogP contribution in [0, 0.1) is 5.92 Å². The number of sulfonamides is 1. The Balaban J connectivity index is 0.00000210. The van der Waals surface area contributed by atoms with Gasteiger partial charge in [0.15, 0.2) is 0 Å². The van der Waals surface area contributed by atoms with Crippen molar-refractivity contribution >= 4 is 28.3 Å². The van der Waals surface area contributed by atoms with Crippen molar-refractivity contribution in [1.82, 2.24) is 14.5 Å². The maximum atomic E-state index is 13.3. The van der Waals surface area contributed by atoms with E-state index < -0.39 is 10.0 Å². The minimum atomic E-state index is -3.53. The van der Waals surface area contributed by atoms with Crippen molar-refractivity contribution in [3.05, 3.63) is 30.3 Å². The molecule has 0 aromatic heterocycles. The first-order valence-corrected chi connectivity index (χ1v) is 11.1. The van der Waals surface area contributed by atoms with E-state index in [0.717, 1.165) is 45.2 Å². The summed E-state index contributed by atoms with van der Waals surface area (Å²) in [6.45, 7) is 2.62. The molecule has 8 heteroatoms. The minimum Gasteiger partial charge on any atom is -0.335 e. The molecule has 3 saturated heterocycles. The molecule has 3 aliphatic heterocycles. The molecule has 0 saturated carbocycles. The molecule has 3 aliphatic rings. The molecule has 3 fully saturated rings. The lowest BCUT2D eigenvalue weighted by molar-refractivity contribution is -0.139. The summed E-state index contributed by atoms with van der Waals surface area (Å²) in [6.07, 6.45) is 4.66. The van der Waals surface area contributed by atoms with Crippen LogP contribution in [0.1, 0.15) is 32.1 Å². The van der Waals surface area contributed by atoms with E-state index >= 15 is 0 Å². The highest BCUT2D eigenvalue weighted by atomic mass is 35.5. The summed E-state index contributed by atoms with van der Waals surface area (Å²) < 4.78 is 27.3. The second-order valence-electron chi connectivity index (χ2n) is 7.64. The number of hydrogen-bond acceptors (Lipinski definition) is 4. The molecule has 2 bridgehead atoms. The number of piperidine rings is 1. The Morgan fingerprint density at radius 2 is 1.78 bits per heavy atom. The smallest absolute Gasteiger partial charge is 0.243 e. The number of benzene rings is 1. The lowest BCUT2D eigenvalue weighted by Gasteiger charge is -2.36. The van der Waals surface area contributed by atoms with Gasteiger partial charge in [0, 0.05) is 31.7 Å². The van der Waals surface area contributed by atoms with Crippen LogP contribution in [0.15, 0.2) is 35.2 Å². The highest BCUT2D eigenvalue weighted by Gasteiger charge is 2.42. The van der Waals surface area contributed by atoms with Gasteiger partial charge in [-0.05, 0) is 50.8 Å². The highest BCUT2D eigenvalue weighted by molar-refractivity contribution is 7.89. The Hall–Kier alpha value is -1.15. The van der Waals surface area contributed by atoms with Gasteiger partial charge in [-0.1, -0.05) is 18.2 Å². The van der Waals surface area contributed by atoms with Crippen molar-refractivity contribution in [2.24, 2.45) is 5.92 Å². The average molecular weight is 414 g/mol. The molecule has 27 heavy (non-hydrogen) atoms. The Morgan fingerprint density at radius 3 is 2.56 bits per heavy atom. The number of rotatable bonds is 3. The van der Waals surface area contributed by atoms with E-state index in [0.29, 0.717) is 24.0 Å². The first kappa shape index (κ1) is 20.6. The van der Waals surface area contributed by atoms with Gasteiger partial charge < -0.3 is 10.2 Å². The molecule has 3 atom stereocenters. The standard InChI is InChI=1S/C19H27N3O3S.ClH/c23-19(22-16-8-9-17(22)13-20-11-10-16)15-5-4-12-21(14-15)26(24,25)18-6-2-1-3-7-18;/h1-3,6-7,15-17,20H,4-5,8-14H2;1H. The summed E-state index contributed by atoms with van der Waals surface area (Å²) in [5.41, 5.74) is 0. The van der Waals surface area contributed by atoms with Crippen LogP contribution in [0.3, 0.4) is 0 Å². The van der Waals surface area contributed by atoms with Gasteiger partial charge in [0.1, 0.15) is 0 Å². The van der Waals surface area contributed by atoms with E-state index in [4.69, 9.17) is 0 Å². The number of halogens is 1. The number of carbonyl (C=O) groups excluding carboxylic acids is 1. The molecule has 1 aromatic carbocycles. The zero-order valence-electron chi connectivity index (χ0n) is 15.4. The van der Waals surface area contributed by atoms with Crippen LogP contribution in [-0.2, 0) is 14.8 Å². The molecular formula is C19H28ClN3O3S. The highest BCUT2D eigenvalue weighted by Crippen LogP contribution is 2.32. The van der Waals surface area contributed by atoms with E-state index in [1.165, 1.54) is 4.31 Å². The second kappa shape index (κ2) is 8.47. The number of nitrogens with zero attached hydrogens (tertiary/aromatic N) is 2. The third-order valence-electron chi connectivity index (χ3n) is 6.02. The van der Waals surface area contributed by atoms with Crippen molar-refractivity contribution in [1.29, 1.82) is 0 Å². The van der Waals surface area contributed by atoms with Crippen LogP contribution in [0.4, 0.5) is 0 Å². The molecule has 1 amide bonds. The molecule has 0 radical (unpaired) electrons. The summed E-state index contributed by atoms with van der Waals surface area (Å²) in [7, 11) is -3.53. The fourth-order valence-electron chi connectivity index (χ4n) is 4.66. The number of carbonyl (C=O) groups is 1. The first-order chi connectivity index (χ1) is 12.6. The molecule has 150 valence electrons. The summed E-state index contributed by atoms with van der Waals surface area (Å²) in [6, 6.07) is 9.14. The van der Waals surface area contributed by atoms with Crippen LogP contribution in [0.25, 0.3) is 0 Å². The molecular weight excluding hydrogens is 386 g/mol. The number of fused-ring (bicyclic) bond motifs is 2. The monoisotopic (exact) mass is 413 g/mol.